The molecule has 0 aromatic carbocycles. The SMILES string of the molecule is NC(=O)CC(N)C(=O)NC(CCC(=O)O)C(=O)NC(CCC(=O)O)C(=O)NC(CC(N)=O)C(=O)O. The van der Waals surface area contributed by atoms with E-state index in [0.717, 1.165) is 0 Å². The highest BCUT2D eigenvalue weighted by Gasteiger charge is 2.31. The van der Waals surface area contributed by atoms with Gasteiger partial charge in [0.1, 0.15) is 18.1 Å². The van der Waals surface area contributed by atoms with Crippen LogP contribution in [0, 0.1) is 0 Å². The summed E-state index contributed by atoms with van der Waals surface area (Å²) in [5.74, 6) is -9.66. The van der Waals surface area contributed by atoms with Gasteiger partial charge in [-0.05, 0) is 12.8 Å². The number of rotatable bonds is 17. The number of carbonyl (C=O) groups is 8. The predicted molar refractivity (Wildman–Crippen MR) is 113 cm³/mol. The maximum atomic E-state index is 12.7. The Balaban J connectivity index is 5.67. The van der Waals surface area contributed by atoms with E-state index in [1.165, 1.54) is 0 Å². The Morgan fingerprint density at radius 1 is 0.600 bits per heavy atom. The fraction of sp³-hybridized carbons (Fsp3) is 0.556. The molecule has 0 aliphatic carbocycles. The molecule has 0 saturated heterocycles. The highest BCUT2D eigenvalue weighted by atomic mass is 16.4. The lowest BCUT2D eigenvalue weighted by Crippen LogP contribution is -2.57. The third-order valence-corrected chi connectivity index (χ3v) is 4.34. The topological polar surface area (TPSA) is 311 Å². The summed E-state index contributed by atoms with van der Waals surface area (Å²) in [5.41, 5.74) is 15.4. The number of amides is 5. The van der Waals surface area contributed by atoms with Gasteiger partial charge in [-0.25, -0.2) is 4.79 Å². The van der Waals surface area contributed by atoms with Gasteiger partial charge in [-0.2, -0.15) is 0 Å². The van der Waals surface area contributed by atoms with Crippen molar-refractivity contribution < 1.29 is 53.7 Å². The number of nitrogens with one attached hydrogen (secondary N) is 3. The molecule has 0 saturated carbocycles. The van der Waals surface area contributed by atoms with Gasteiger partial charge >= 0.3 is 17.9 Å². The fourth-order valence-corrected chi connectivity index (χ4v) is 2.61. The van der Waals surface area contributed by atoms with Crippen molar-refractivity contribution in [2.45, 2.75) is 62.7 Å². The Labute approximate surface area is 197 Å². The number of carboxylic acids is 3. The van der Waals surface area contributed by atoms with Crippen molar-refractivity contribution in [2.75, 3.05) is 0 Å². The number of hydrogen-bond donors (Lipinski definition) is 9. The molecule has 4 atom stereocenters. The summed E-state index contributed by atoms with van der Waals surface area (Å²) < 4.78 is 0. The normalized spacial score (nSPS) is 13.9. The molecule has 0 radical (unpaired) electrons. The van der Waals surface area contributed by atoms with Gasteiger partial charge in [0.15, 0.2) is 0 Å². The average Bonchev–Trinajstić information content (AvgIpc) is 2.71. The van der Waals surface area contributed by atoms with Crippen molar-refractivity contribution >= 4 is 47.4 Å². The molecule has 5 amide bonds. The Bertz CT molecular complexity index is 862. The highest BCUT2D eigenvalue weighted by molar-refractivity contribution is 5.95. The van der Waals surface area contributed by atoms with Gasteiger partial charge in [-0.15, -0.1) is 0 Å². The Morgan fingerprint density at radius 2 is 0.971 bits per heavy atom. The van der Waals surface area contributed by atoms with Gasteiger partial charge in [-0.3, -0.25) is 33.6 Å². The van der Waals surface area contributed by atoms with Gasteiger partial charge in [0.25, 0.3) is 0 Å². The number of hydrogen-bond acceptors (Lipinski definition) is 9. The maximum Gasteiger partial charge on any atom is 0.326 e. The van der Waals surface area contributed by atoms with Crippen LogP contribution in [0.15, 0.2) is 0 Å². The van der Waals surface area contributed by atoms with Crippen molar-refractivity contribution in [3.63, 3.8) is 0 Å². The first-order chi connectivity index (χ1) is 16.1. The quantitative estimate of drug-likeness (QED) is 0.0902. The van der Waals surface area contributed by atoms with Crippen LogP contribution in [0.4, 0.5) is 0 Å². The lowest BCUT2D eigenvalue weighted by molar-refractivity contribution is -0.144. The van der Waals surface area contributed by atoms with E-state index in [0.29, 0.717) is 0 Å². The van der Waals surface area contributed by atoms with Crippen molar-refractivity contribution in [2.24, 2.45) is 17.2 Å². The van der Waals surface area contributed by atoms with Crippen LogP contribution in [0.1, 0.15) is 38.5 Å². The van der Waals surface area contributed by atoms with Crippen LogP contribution in [0.25, 0.3) is 0 Å². The molecule has 12 N–H and O–H groups in total. The third-order valence-electron chi connectivity index (χ3n) is 4.34. The lowest BCUT2D eigenvalue weighted by Gasteiger charge is -2.24. The standard InChI is InChI=1S/C18H28N6O11/c19-7(5-11(20)25)15(31)22-8(1-3-13(27)28)16(32)23-9(2-4-14(29)30)17(33)24-10(18(34)35)6-12(21)26/h7-10H,1-6,19H2,(H2,20,25)(H2,21,26)(H,22,31)(H,23,32)(H,24,33)(H,27,28)(H,29,30)(H,34,35). The molecule has 0 fully saturated rings. The minimum Gasteiger partial charge on any atom is -0.481 e. The molecule has 0 rings (SSSR count). The van der Waals surface area contributed by atoms with E-state index < -0.39 is 110 Å². The molecule has 17 heteroatoms. The minimum absolute atomic E-state index is 0.483. The van der Waals surface area contributed by atoms with Crippen LogP contribution in [-0.2, 0) is 38.4 Å². The fourth-order valence-electron chi connectivity index (χ4n) is 2.61. The summed E-state index contributed by atoms with van der Waals surface area (Å²) in [6, 6.07) is -6.49. The number of primary amides is 2. The van der Waals surface area contributed by atoms with E-state index in [4.69, 9.17) is 32.5 Å². The summed E-state index contributed by atoms with van der Waals surface area (Å²) in [6.07, 6.45) is -3.66. The molecule has 0 aromatic heterocycles. The Morgan fingerprint density at radius 3 is 1.31 bits per heavy atom. The second-order valence-corrected chi connectivity index (χ2v) is 7.33. The van der Waals surface area contributed by atoms with Gasteiger partial charge in [0.05, 0.1) is 18.9 Å². The summed E-state index contributed by atoms with van der Waals surface area (Å²) in [5, 5.41) is 33.1. The van der Waals surface area contributed by atoms with Crippen LogP contribution in [0.3, 0.4) is 0 Å². The van der Waals surface area contributed by atoms with Crippen LogP contribution in [-0.4, -0.2) is 86.9 Å². The van der Waals surface area contributed by atoms with E-state index in [9.17, 15) is 38.4 Å². The van der Waals surface area contributed by atoms with Crippen molar-refractivity contribution in [1.82, 2.24) is 16.0 Å². The first-order valence-corrected chi connectivity index (χ1v) is 10.0. The number of carbonyl (C=O) groups excluding carboxylic acids is 5. The van der Waals surface area contributed by atoms with Crippen molar-refractivity contribution in [3.05, 3.63) is 0 Å². The highest BCUT2D eigenvalue weighted by Crippen LogP contribution is 2.05. The molecule has 17 nitrogen and oxygen atoms in total. The lowest BCUT2D eigenvalue weighted by atomic mass is 10.1. The number of aliphatic carboxylic acids is 3. The molecular weight excluding hydrogens is 476 g/mol. The second-order valence-electron chi connectivity index (χ2n) is 7.33. The van der Waals surface area contributed by atoms with Gasteiger partial charge in [0.2, 0.25) is 29.5 Å². The Kier molecular flexibility index (Phi) is 13.0. The van der Waals surface area contributed by atoms with Gasteiger partial charge < -0.3 is 48.5 Å². The van der Waals surface area contributed by atoms with Gasteiger partial charge in [-0.1, -0.05) is 0 Å². The zero-order valence-corrected chi connectivity index (χ0v) is 18.4. The molecule has 0 bridgehead atoms. The van der Waals surface area contributed by atoms with E-state index >= 15 is 0 Å². The van der Waals surface area contributed by atoms with Gasteiger partial charge in [0, 0.05) is 12.8 Å². The first kappa shape index (κ1) is 30.7. The van der Waals surface area contributed by atoms with Crippen molar-refractivity contribution in [1.29, 1.82) is 0 Å². The summed E-state index contributed by atoms with van der Waals surface area (Å²) in [4.78, 5) is 92.5. The molecule has 196 valence electrons. The summed E-state index contributed by atoms with van der Waals surface area (Å²) >= 11 is 0. The number of carboxylic acid groups (broad SMARTS) is 3. The van der Waals surface area contributed by atoms with E-state index in [-0.39, 0.29) is 0 Å². The molecule has 4 unspecified atom stereocenters. The third kappa shape index (κ3) is 13.1. The Hall–Kier alpha value is -4.28. The molecular formula is C18H28N6O11. The average molecular weight is 504 g/mol. The maximum absolute atomic E-state index is 12.7. The largest absolute Gasteiger partial charge is 0.481 e. The molecule has 0 aromatic rings. The molecule has 0 heterocycles. The predicted octanol–water partition coefficient (Wildman–Crippen LogP) is -4.67. The number of nitrogens with two attached hydrogens (primary N) is 3. The minimum atomic E-state index is -1.78. The molecule has 0 aliphatic heterocycles. The van der Waals surface area contributed by atoms with E-state index in [2.05, 4.69) is 10.6 Å². The van der Waals surface area contributed by atoms with Crippen LogP contribution in [0.5, 0.6) is 0 Å². The second kappa shape index (κ2) is 14.8. The van der Waals surface area contributed by atoms with E-state index in [1.54, 1.807) is 0 Å². The van der Waals surface area contributed by atoms with Crippen LogP contribution >= 0.6 is 0 Å². The first-order valence-electron chi connectivity index (χ1n) is 10.0. The zero-order valence-electron chi connectivity index (χ0n) is 18.4. The monoisotopic (exact) mass is 504 g/mol. The zero-order chi connectivity index (χ0) is 27.3. The van der Waals surface area contributed by atoms with E-state index in [1.807, 2.05) is 5.32 Å². The molecule has 0 aliphatic rings. The van der Waals surface area contributed by atoms with Crippen LogP contribution < -0.4 is 33.2 Å². The van der Waals surface area contributed by atoms with Crippen LogP contribution in [0.2, 0.25) is 0 Å². The smallest absolute Gasteiger partial charge is 0.326 e. The van der Waals surface area contributed by atoms with Crippen molar-refractivity contribution in [3.8, 4) is 0 Å². The molecule has 35 heavy (non-hydrogen) atoms. The summed E-state index contributed by atoms with van der Waals surface area (Å²) in [7, 11) is 0. The molecule has 0 spiro atoms. The summed E-state index contributed by atoms with van der Waals surface area (Å²) in [6.45, 7) is 0.